The molecule has 3 rings (SSSR count). The lowest BCUT2D eigenvalue weighted by molar-refractivity contribution is -0.136. The first kappa shape index (κ1) is 17.5. The zero-order valence-corrected chi connectivity index (χ0v) is 14.4. The first-order chi connectivity index (χ1) is 12.1. The number of ether oxygens (including phenoxy) is 1. The van der Waals surface area contributed by atoms with Gasteiger partial charge in [-0.25, -0.2) is 0 Å². The molecule has 0 atom stereocenters. The lowest BCUT2D eigenvalue weighted by Crippen LogP contribution is -2.49. The summed E-state index contributed by atoms with van der Waals surface area (Å²) in [5.41, 5.74) is 0.326. The maximum Gasteiger partial charge on any atom is 0.222 e. The molecule has 4 heteroatoms. The van der Waals surface area contributed by atoms with Crippen LogP contribution in [-0.2, 0) is 11.2 Å². The number of amides is 1. The van der Waals surface area contributed by atoms with Gasteiger partial charge in [-0.15, -0.1) is 0 Å². The molecule has 132 valence electrons. The van der Waals surface area contributed by atoms with E-state index in [1.165, 1.54) is 5.56 Å². The molecule has 0 aliphatic carbocycles. The van der Waals surface area contributed by atoms with Crippen molar-refractivity contribution in [3.63, 3.8) is 0 Å². The number of rotatable bonds is 6. The average molecular weight is 339 g/mol. The molecule has 2 aromatic rings. The second-order valence-electron chi connectivity index (χ2n) is 6.69. The van der Waals surface area contributed by atoms with Crippen LogP contribution in [-0.4, -0.2) is 41.2 Å². The van der Waals surface area contributed by atoms with Gasteiger partial charge in [0.15, 0.2) is 0 Å². The van der Waals surface area contributed by atoms with Crippen molar-refractivity contribution in [2.45, 2.75) is 31.3 Å². The van der Waals surface area contributed by atoms with Crippen LogP contribution in [0.4, 0.5) is 0 Å². The van der Waals surface area contributed by atoms with Gasteiger partial charge < -0.3 is 14.7 Å². The van der Waals surface area contributed by atoms with Crippen molar-refractivity contribution >= 4 is 5.91 Å². The van der Waals surface area contributed by atoms with Crippen molar-refractivity contribution in [3.05, 3.63) is 66.2 Å². The number of likely N-dealkylation sites (tertiary alicyclic amines) is 1. The monoisotopic (exact) mass is 339 g/mol. The second-order valence-corrected chi connectivity index (χ2v) is 6.69. The Kier molecular flexibility index (Phi) is 5.71. The Morgan fingerprint density at radius 2 is 1.60 bits per heavy atom. The molecule has 0 unspecified atom stereocenters. The molecule has 0 aromatic heterocycles. The van der Waals surface area contributed by atoms with Crippen molar-refractivity contribution < 1.29 is 14.6 Å². The van der Waals surface area contributed by atoms with Crippen LogP contribution in [0, 0.1) is 0 Å². The summed E-state index contributed by atoms with van der Waals surface area (Å²) in [5, 5.41) is 10.7. The zero-order chi connectivity index (χ0) is 17.5. The molecule has 1 aliphatic heterocycles. The van der Waals surface area contributed by atoms with Crippen LogP contribution in [0.5, 0.6) is 5.75 Å². The van der Waals surface area contributed by atoms with Crippen molar-refractivity contribution in [2.75, 3.05) is 19.7 Å². The Bertz CT molecular complexity index is 664. The summed E-state index contributed by atoms with van der Waals surface area (Å²) in [7, 11) is 0. The summed E-state index contributed by atoms with van der Waals surface area (Å²) in [5.74, 6) is 0.923. The maximum absolute atomic E-state index is 12.4. The first-order valence-corrected chi connectivity index (χ1v) is 8.87. The van der Waals surface area contributed by atoms with Crippen LogP contribution >= 0.6 is 0 Å². The molecule has 1 N–H and O–H groups in total. The van der Waals surface area contributed by atoms with E-state index in [0.717, 1.165) is 12.2 Å². The van der Waals surface area contributed by atoms with Gasteiger partial charge in [0.25, 0.3) is 0 Å². The summed E-state index contributed by atoms with van der Waals surface area (Å²) in [4.78, 5) is 14.2. The van der Waals surface area contributed by atoms with Crippen LogP contribution in [0.3, 0.4) is 0 Å². The molecule has 25 heavy (non-hydrogen) atoms. The standard InChI is InChI=1S/C21H25NO3/c23-20(12-11-18-7-3-1-4-8-18)22-15-13-21(24,14-16-22)17-25-19-9-5-2-6-10-19/h1-10,24H,11-17H2. The highest BCUT2D eigenvalue weighted by Gasteiger charge is 2.34. The lowest BCUT2D eigenvalue weighted by atomic mass is 9.92. The van der Waals surface area contributed by atoms with E-state index in [4.69, 9.17) is 4.74 Å². The van der Waals surface area contributed by atoms with E-state index < -0.39 is 5.60 Å². The quantitative estimate of drug-likeness (QED) is 0.880. The van der Waals surface area contributed by atoms with E-state index in [1.54, 1.807) is 0 Å². The van der Waals surface area contributed by atoms with Gasteiger partial charge in [-0.3, -0.25) is 4.79 Å². The Morgan fingerprint density at radius 1 is 1.00 bits per heavy atom. The predicted molar refractivity (Wildman–Crippen MR) is 97.5 cm³/mol. The van der Waals surface area contributed by atoms with Crippen molar-refractivity contribution in [2.24, 2.45) is 0 Å². The zero-order valence-electron chi connectivity index (χ0n) is 14.4. The van der Waals surface area contributed by atoms with Crippen LogP contribution in [0.15, 0.2) is 60.7 Å². The van der Waals surface area contributed by atoms with E-state index in [9.17, 15) is 9.90 Å². The van der Waals surface area contributed by atoms with Gasteiger partial charge in [0.2, 0.25) is 5.91 Å². The highest BCUT2D eigenvalue weighted by Crippen LogP contribution is 2.24. The molecule has 0 saturated carbocycles. The highest BCUT2D eigenvalue weighted by molar-refractivity contribution is 5.76. The van der Waals surface area contributed by atoms with Gasteiger partial charge in [0.05, 0.1) is 0 Å². The fourth-order valence-corrected chi connectivity index (χ4v) is 3.11. The first-order valence-electron chi connectivity index (χ1n) is 8.87. The number of benzene rings is 2. The number of para-hydroxylation sites is 1. The van der Waals surface area contributed by atoms with Crippen molar-refractivity contribution in [1.29, 1.82) is 0 Å². The van der Waals surface area contributed by atoms with Gasteiger partial charge in [-0.2, -0.15) is 0 Å². The SMILES string of the molecule is O=C(CCc1ccccc1)N1CCC(O)(COc2ccccc2)CC1. The predicted octanol–water partition coefficient (Wildman–Crippen LogP) is 3.05. The molecule has 1 amide bonds. The Balaban J connectivity index is 1.43. The molecule has 0 spiro atoms. The van der Waals surface area contributed by atoms with E-state index in [1.807, 2.05) is 65.6 Å². The fraction of sp³-hybridized carbons (Fsp3) is 0.381. The minimum Gasteiger partial charge on any atom is -0.491 e. The summed E-state index contributed by atoms with van der Waals surface area (Å²) in [6.07, 6.45) is 2.38. The van der Waals surface area contributed by atoms with Gasteiger partial charge in [-0.05, 0) is 37.0 Å². The van der Waals surface area contributed by atoms with Crippen LogP contribution in [0.2, 0.25) is 0 Å². The fourth-order valence-electron chi connectivity index (χ4n) is 3.11. The average Bonchev–Trinajstić information content (AvgIpc) is 2.67. The summed E-state index contributed by atoms with van der Waals surface area (Å²) in [6, 6.07) is 19.6. The minimum absolute atomic E-state index is 0.162. The summed E-state index contributed by atoms with van der Waals surface area (Å²) >= 11 is 0. The molecule has 2 aromatic carbocycles. The number of aliphatic hydroxyl groups is 1. The number of hydrogen-bond donors (Lipinski definition) is 1. The Labute approximate surface area is 149 Å². The molecular weight excluding hydrogens is 314 g/mol. The van der Waals surface area contributed by atoms with Gasteiger partial charge >= 0.3 is 0 Å². The van der Waals surface area contributed by atoms with Gasteiger partial charge in [0, 0.05) is 19.5 Å². The molecule has 1 aliphatic rings. The van der Waals surface area contributed by atoms with Crippen molar-refractivity contribution in [1.82, 2.24) is 4.90 Å². The van der Waals surface area contributed by atoms with Gasteiger partial charge in [0.1, 0.15) is 18.0 Å². The number of aryl methyl sites for hydroxylation is 1. The van der Waals surface area contributed by atoms with E-state index in [0.29, 0.717) is 32.4 Å². The Morgan fingerprint density at radius 3 is 2.24 bits per heavy atom. The maximum atomic E-state index is 12.4. The number of carbonyl (C=O) groups is 1. The topological polar surface area (TPSA) is 49.8 Å². The molecule has 0 bridgehead atoms. The molecule has 1 fully saturated rings. The molecule has 4 nitrogen and oxygen atoms in total. The summed E-state index contributed by atoms with van der Waals surface area (Å²) in [6.45, 7) is 1.44. The smallest absolute Gasteiger partial charge is 0.222 e. The van der Waals surface area contributed by atoms with Gasteiger partial charge in [-0.1, -0.05) is 48.5 Å². The number of carbonyl (C=O) groups excluding carboxylic acids is 1. The molecule has 1 heterocycles. The van der Waals surface area contributed by atoms with Crippen LogP contribution in [0.1, 0.15) is 24.8 Å². The van der Waals surface area contributed by atoms with Crippen LogP contribution < -0.4 is 4.74 Å². The second kappa shape index (κ2) is 8.17. The summed E-state index contributed by atoms with van der Waals surface area (Å²) < 4.78 is 5.70. The van der Waals surface area contributed by atoms with E-state index in [-0.39, 0.29) is 12.5 Å². The number of nitrogens with zero attached hydrogens (tertiary/aromatic N) is 1. The lowest BCUT2D eigenvalue weighted by Gasteiger charge is -2.38. The third kappa shape index (κ3) is 5.07. The number of piperidine rings is 1. The van der Waals surface area contributed by atoms with Crippen LogP contribution in [0.25, 0.3) is 0 Å². The third-order valence-corrected chi connectivity index (χ3v) is 4.77. The third-order valence-electron chi connectivity index (χ3n) is 4.77. The molecule has 1 saturated heterocycles. The normalized spacial score (nSPS) is 16.4. The van der Waals surface area contributed by atoms with E-state index in [2.05, 4.69) is 0 Å². The highest BCUT2D eigenvalue weighted by atomic mass is 16.5. The largest absolute Gasteiger partial charge is 0.491 e. The number of hydrogen-bond acceptors (Lipinski definition) is 3. The van der Waals surface area contributed by atoms with Crippen molar-refractivity contribution in [3.8, 4) is 5.75 Å². The minimum atomic E-state index is -0.855. The molecule has 0 radical (unpaired) electrons. The van der Waals surface area contributed by atoms with E-state index >= 15 is 0 Å². The molecular formula is C21H25NO3. The Hall–Kier alpha value is -2.33.